The third-order valence-corrected chi connectivity index (χ3v) is 2.72. The molecular formula is C8H10BrNO2S. The molecule has 0 spiro atoms. The molecule has 1 heterocycles. The highest BCUT2D eigenvalue weighted by Crippen LogP contribution is 2.20. The minimum atomic E-state index is -0.0484. The number of ether oxygens (including phenoxy) is 1. The van der Waals surface area contributed by atoms with Gasteiger partial charge in [0.2, 0.25) is 0 Å². The Hall–Kier alpha value is -0.550. The van der Waals surface area contributed by atoms with Crippen molar-refractivity contribution in [2.45, 2.75) is 0 Å². The quantitative estimate of drug-likeness (QED) is 0.843. The van der Waals surface area contributed by atoms with Crippen LogP contribution in [0.3, 0.4) is 0 Å². The van der Waals surface area contributed by atoms with E-state index in [0.29, 0.717) is 11.4 Å². The average molecular weight is 264 g/mol. The van der Waals surface area contributed by atoms with Crippen molar-refractivity contribution in [3.63, 3.8) is 0 Å². The minimum absolute atomic E-state index is 0.0484. The van der Waals surface area contributed by atoms with Gasteiger partial charge in [0, 0.05) is 23.3 Å². The Labute approximate surface area is 89.2 Å². The molecule has 0 aromatic carbocycles. The van der Waals surface area contributed by atoms with Crippen LogP contribution in [0.25, 0.3) is 0 Å². The van der Waals surface area contributed by atoms with E-state index in [4.69, 9.17) is 4.74 Å². The van der Waals surface area contributed by atoms with Crippen LogP contribution in [-0.2, 0) is 0 Å². The zero-order chi connectivity index (χ0) is 9.68. The molecule has 0 aliphatic rings. The van der Waals surface area contributed by atoms with Crippen LogP contribution in [0.15, 0.2) is 11.4 Å². The number of alkyl halides is 1. The Morgan fingerprint density at radius 3 is 3.08 bits per heavy atom. The third-order valence-electron chi connectivity index (χ3n) is 1.41. The predicted molar refractivity (Wildman–Crippen MR) is 57.0 cm³/mol. The first kappa shape index (κ1) is 10.5. The maximum absolute atomic E-state index is 11.4. The number of rotatable bonds is 4. The molecular weight excluding hydrogens is 254 g/mol. The molecule has 1 rings (SSSR count). The smallest absolute Gasteiger partial charge is 0.261 e. The van der Waals surface area contributed by atoms with Gasteiger partial charge in [0.25, 0.3) is 5.91 Å². The number of nitrogens with one attached hydrogen (secondary N) is 1. The molecule has 1 aromatic heterocycles. The molecule has 0 unspecified atom stereocenters. The minimum Gasteiger partial charge on any atom is -0.496 e. The molecule has 0 radical (unpaired) electrons. The van der Waals surface area contributed by atoms with Crippen LogP contribution in [0.1, 0.15) is 9.67 Å². The first-order valence-electron chi connectivity index (χ1n) is 3.74. The van der Waals surface area contributed by atoms with Crippen molar-refractivity contribution >= 4 is 33.2 Å². The molecule has 5 heteroatoms. The number of carbonyl (C=O) groups is 1. The number of carbonyl (C=O) groups excluding carboxylic acids is 1. The second-order valence-electron chi connectivity index (χ2n) is 2.30. The first-order valence-corrected chi connectivity index (χ1v) is 5.74. The van der Waals surface area contributed by atoms with E-state index in [1.165, 1.54) is 11.3 Å². The molecule has 0 aliphatic carbocycles. The lowest BCUT2D eigenvalue weighted by Gasteiger charge is -1.98. The van der Waals surface area contributed by atoms with Crippen molar-refractivity contribution in [2.24, 2.45) is 0 Å². The number of thiophene rings is 1. The van der Waals surface area contributed by atoms with Crippen LogP contribution in [0, 0.1) is 0 Å². The Kier molecular flexibility index (Phi) is 4.24. The van der Waals surface area contributed by atoms with Crippen LogP contribution in [0.4, 0.5) is 0 Å². The molecule has 1 N–H and O–H groups in total. The maximum atomic E-state index is 11.4. The van der Waals surface area contributed by atoms with Gasteiger partial charge in [0.05, 0.1) is 12.0 Å². The van der Waals surface area contributed by atoms with Gasteiger partial charge in [-0.1, -0.05) is 15.9 Å². The SMILES string of the molecule is COc1csc(C(=O)NCCBr)c1. The molecule has 3 nitrogen and oxygen atoms in total. The Bertz CT molecular complexity index is 287. The van der Waals surface area contributed by atoms with Gasteiger partial charge in [-0.25, -0.2) is 0 Å². The van der Waals surface area contributed by atoms with Gasteiger partial charge in [-0.2, -0.15) is 0 Å². The number of halogens is 1. The van der Waals surface area contributed by atoms with Crippen LogP contribution < -0.4 is 10.1 Å². The lowest BCUT2D eigenvalue weighted by molar-refractivity contribution is 0.0960. The standard InChI is InChI=1S/C8H10BrNO2S/c1-12-6-4-7(13-5-6)8(11)10-3-2-9/h4-5H,2-3H2,1H3,(H,10,11). The number of methoxy groups -OCH3 is 1. The van der Waals surface area contributed by atoms with Gasteiger partial charge in [-0.15, -0.1) is 11.3 Å². The molecule has 72 valence electrons. The molecule has 1 amide bonds. The number of hydrogen-bond donors (Lipinski definition) is 1. The van der Waals surface area contributed by atoms with E-state index in [-0.39, 0.29) is 5.91 Å². The fourth-order valence-corrected chi connectivity index (χ4v) is 1.76. The van der Waals surface area contributed by atoms with Crippen LogP contribution in [-0.4, -0.2) is 24.9 Å². The van der Waals surface area contributed by atoms with Crippen molar-refractivity contribution in [1.29, 1.82) is 0 Å². The zero-order valence-electron chi connectivity index (χ0n) is 7.17. The summed E-state index contributed by atoms with van der Waals surface area (Å²) in [6.07, 6.45) is 0. The van der Waals surface area contributed by atoms with Gasteiger partial charge in [0.15, 0.2) is 0 Å². The van der Waals surface area contributed by atoms with E-state index >= 15 is 0 Å². The van der Waals surface area contributed by atoms with E-state index in [1.807, 2.05) is 5.38 Å². The fourth-order valence-electron chi connectivity index (χ4n) is 0.793. The van der Waals surface area contributed by atoms with Gasteiger partial charge in [0.1, 0.15) is 5.75 Å². The van der Waals surface area contributed by atoms with Crippen molar-refractivity contribution in [3.05, 3.63) is 16.3 Å². The van der Waals surface area contributed by atoms with E-state index in [2.05, 4.69) is 21.2 Å². The average Bonchev–Trinajstić information content (AvgIpc) is 2.62. The highest BCUT2D eigenvalue weighted by Gasteiger charge is 2.07. The largest absolute Gasteiger partial charge is 0.496 e. The van der Waals surface area contributed by atoms with E-state index in [9.17, 15) is 4.79 Å². The summed E-state index contributed by atoms with van der Waals surface area (Å²) in [5.41, 5.74) is 0. The summed E-state index contributed by atoms with van der Waals surface area (Å²) in [4.78, 5) is 12.0. The summed E-state index contributed by atoms with van der Waals surface area (Å²) < 4.78 is 4.97. The molecule has 13 heavy (non-hydrogen) atoms. The molecule has 0 fully saturated rings. The van der Waals surface area contributed by atoms with E-state index < -0.39 is 0 Å². The molecule has 0 bridgehead atoms. The second-order valence-corrected chi connectivity index (χ2v) is 4.00. The van der Waals surface area contributed by atoms with Crippen molar-refractivity contribution in [3.8, 4) is 5.75 Å². The zero-order valence-corrected chi connectivity index (χ0v) is 9.57. The van der Waals surface area contributed by atoms with Gasteiger partial charge >= 0.3 is 0 Å². The predicted octanol–water partition coefficient (Wildman–Crippen LogP) is 1.88. The molecule has 0 saturated carbocycles. The molecule has 1 aromatic rings. The Morgan fingerprint density at radius 2 is 2.54 bits per heavy atom. The van der Waals surface area contributed by atoms with Crippen molar-refractivity contribution in [1.82, 2.24) is 5.32 Å². The summed E-state index contributed by atoms with van der Waals surface area (Å²) in [7, 11) is 1.59. The summed E-state index contributed by atoms with van der Waals surface area (Å²) >= 11 is 4.61. The number of hydrogen-bond acceptors (Lipinski definition) is 3. The summed E-state index contributed by atoms with van der Waals surface area (Å²) in [6, 6.07) is 1.73. The maximum Gasteiger partial charge on any atom is 0.261 e. The fraction of sp³-hybridized carbons (Fsp3) is 0.375. The second kappa shape index (κ2) is 5.24. The molecule has 0 saturated heterocycles. The Morgan fingerprint density at radius 1 is 1.77 bits per heavy atom. The van der Waals surface area contributed by atoms with Crippen molar-refractivity contribution < 1.29 is 9.53 Å². The lowest BCUT2D eigenvalue weighted by atomic mass is 10.4. The highest BCUT2D eigenvalue weighted by molar-refractivity contribution is 9.09. The van der Waals surface area contributed by atoms with E-state index in [0.717, 1.165) is 11.1 Å². The van der Waals surface area contributed by atoms with Gasteiger partial charge in [-0.05, 0) is 0 Å². The van der Waals surface area contributed by atoms with Crippen LogP contribution in [0.2, 0.25) is 0 Å². The van der Waals surface area contributed by atoms with Gasteiger partial charge < -0.3 is 10.1 Å². The molecule has 0 aliphatic heterocycles. The summed E-state index contributed by atoms with van der Waals surface area (Å²) in [5.74, 6) is 0.682. The van der Waals surface area contributed by atoms with Crippen LogP contribution >= 0.6 is 27.3 Å². The van der Waals surface area contributed by atoms with E-state index in [1.54, 1.807) is 13.2 Å². The highest BCUT2D eigenvalue weighted by atomic mass is 79.9. The number of amides is 1. The molecule has 0 atom stereocenters. The summed E-state index contributed by atoms with van der Waals surface area (Å²) in [5, 5.41) is 5.33. The third kappa shape index (κ3) is 3.00. The topological polar surface area (TPSA) is 38.3 Å². The normalized spacial score (nSPS) is 9.69. The first-order chi connectivity index (χ1) is 6.27. The summed E-state index contributed by atoms with van der Waals surface area (Å²) in [6.45, 7) is 0.638. The van der Waals surface area contributed by atoms with Gasteiger partial charge in [-0.3, -0.25) is 4.79 Å². The lowest BCUT2D eigenvalue weighted by Crippen LogP contribution is -2.24. The monoisotopic (exact) mass is 263 g/mol. The van der Waals surface area contributed by atoms with Crippen LogP contribution in [0.5, 0.6) is 5.75 Å². The Balaban J connectivity index is 2.55. The van der Waals surface area contributed by atoms with Crippen molar-refractivity contribution in [2.75, 3.05) is 19.0 Å².